The molecule has 0 aromatic heterocycles. The van der Waals surface area contributed by atoms with E-state index in [0.717, 1.165) is 56.4 Å². The lowest BCUT2D eigenvalue weighted by Gasteiger charge is -2.34. The Labute approximate surface area is 250 Å². The number of nitrogens with zero attached hydrogens (tertiary/aromatic N) is 1. The van der Waals surface area contributed by atoms with Crippen LogP contribution in [0.5, 0.6) is 0 Å². The van der Waals surface area contributed by atoms with Gasteiger partial charge in [0.2, 0.25) is 0 Å². The molecule has 41 heavy (non-hydrogen) atoms. The van der Waals surface area contributed by atoms with Crippen molar-refractivity contribution in [2.45, 2.75) is 76.9 Å². The molecule has 0 radical (unpaired) electrons. The fourth-order valence-corrected chi connectivity index (χ4v) is 5.91. The summed E-state index contributed by atoms with van der Waals surface area (Å²) in [6.07, 6.45) is 4.07. The second kappa shape index (κ2) is 13.7. The van der Waals surface area contributed by atoms with Gasteiger partial charge >= 0.3 is 5.97 Å². The van der Waals surface area contributed by atoms with Crippen molar-refractivity contribution in [3.63, 3.8) is 0 Å². The molecule has 1 heterocycles. The molecule has 0 bridgehead atoms. The van der Waals surface area contributed by atoms with Crippen LogP contribution in [0.25, 0.3) is 11.1 Å². The number of likely N-dealkylation sites (tertiary alicyclic amines) is 1. The van der Waals surface area contributed by atoms with Gasteiger partial charge in [0.1, 0.15) is 5.60 Å². The third-order valence-corrected chi connectivity index (χ3v) is 8.09. The minimum atomic E-state index is -0.494. The number of hydrogen-bond acceptors (Lipinski definition) is 4. The Hall–Kier alpha value is -3.15. The molecule has 3 aromatic rings. The minimum Gasteiger partial charge on any atom is -0.460 e. The number of carbonyl (C=O) groups excluding carboxylic acids is 2. The number of rotatable bonds is 10. The quantitative estimate of drug-likeness (QED) is 0.252. The molecular weight excluding hydrogens is 532 g/mol. The van der Waals surface area contributed by atoms with Crippen molar-refractivity contribution in [3.8, 4) is 11.1 Å². The van der Waals surface area contributed by atoms with Gasteiger partial charge in [-0.15, -0.1) is 0 Å². The summed E-state index contributed by atoms with van der Waals surface area (Å²) in [5.41, 5.74) is 2.88. The molecule has 1 saturated heterocycles. The maximum absolute atomic E-state index is 13.3. The molecule has 0 saturated carbocycles. The van der Waals surface area contributed by atoms with Crippen LogP contribution in [0.15, 0.2) is 78.9 Å². The Morgan fingerprint density at radius 3 is 2.29 bits per heavy atom. The van der Waals surface area contributed by atoms with Crippen molar-refractivity contribution in [3.05, 3.63) is 95.0 Å². The van der Waals surface area contributed by atoms with Crippen LogP contribution in [0, 0.1) is 0 Å². The van der Waals surface area contributed by atoms with Crippen LogP contribution in [0.3, 0.4) is 0 Å². The van der Waals surface area contributed by atoms with Crippen molar-refractivity contribution in [1.82, 2.24) is 10.2 Å². The van der Waals surface area contributed by atoms with E-state index in [1.165, 1.54) is 5.56 Å². The van der Waals surface area contributed by atoms with Gasteiger partial charge in [-0.1, -0.05) is 79.2 Å². The SMILES string of the molecule is CC(C)(C)OC(=O)CC(C)(CCCN1CCC(NC(=O)c2ccccc2-c2cccc(Cl)c2)CC1)c1ccccc1. The molecule has 1 aliphatic heterocycles. The number of benzene rings is 3. The maximum atomic E-state index is 13.3. The first-order valence-electron chi connectivity index (χ1n) is 14.7. The van der Waals surface area contributed by atoms with E-state index in [4.69, 9.17) is 16.3 Å². The largest absolute Gasteiger partial charge is 0.460 e. The molecule has 1 fully saturated rings. The first kappa shape index (κ1) is 30.8. The Balaban J connectivity index is 1.29. The van der Waals surface area contributed by atoms with Gasteiger partial charge in [0.15, 0.2) is 0 Å². The van der Waals surface area contributed by atoms with Crippen LogP contribution in [-0.2, 0) is 14.9 Å². The highest BCUT2D eigenvalue weighted by atomic mass is 35.5. The summed E-state index contributed by atoms with van der Waals surface area (Å²) < 4.78 is 5.67. The van der Waals surface area contributed by atoms with Gasteiger partial charge in [0.25, 0.3) is 5.91 Å². The van der Waals surface area contributed by atoms with Crippen LogP contribution < -0.4 is 5.32 Å². The third-order valence-electron chi connectivity index (χ3n) is 7.86. The highest BCUT2D eigenvalue weighted by Gasteiger charge is 2.32. The molecule has 1 aliphatic rings. The van der Waals surface area contributed by atoms with Gasteiger partial charge < -0.3 is 15.0 Å². The molecular formula is C35H43ClN2O3. The van der Waals surface area contributed by atoms with Crippen LogP contribution in [0.1, 0.15) is 75.7 Å². The van der Waals surface area contributed by atoms with Crippen LogP contribution in [-0.4, -0.2) is 48.1 Å². The Morgan fingerprint density at radius 1 is 0.927 bits per heavy atom. The molecule has 6 heteroatoms. The molecule has 0 spiro atoms. The highest BCUT2D eigenvalue weighted by molar-refractivity contribution is 6.30. The lowest BCUT2D eigenvalue weighted by molar-refractivity contribution is -0.156. The van der Waals surface area contributed by atoms with Crippen molar-refractivity contribution in [2.24, 2.45) is 0 Å². The Kier molecular flexibility index (Phi) is 10.3. The summed E-state index contributed by atoms with van der Waals surface area (Å²) in [6, 6.07) is 25.8. The lowest BCUT2D eigenvalue weighted by atomic mass is 9.75. The summed E-state index contributed by atoms with van der Waals surface area (Å²) in [7, 11) is 0. The molecule has 1 N–H and O–H groups in total. The van der Waals surface area contributed by atoms with E-state index in [1.807, 2.05) is 87.5 Å². The molecule has 5 nitrogen and oxygen atoms in total. The summed E-state index contributed by atoms with van der Waals surface area (Å²) in [5.74, 6) is -0.197. The first-order valence-corrected chi connectivity index (χ1v) is 15.1. The molecule has 1 atom stereocenters. The smallest absolute Gasteiger partial charge is 0.307 e. The summed E-state index contributed by atoms with van der Waals surface area (Å²) >= 11 is 6.21. The van der Waals surface area contributed by atoms with E-state index in [9.17, 15) is 9.59 Å². The predicted octanol–water partition coefficient (Wildman–Crippen LogP) is 7.67. The average Bonchev–Trinajstić information content (AvgIpc) is 2.93. The summed E-state index contributed by atoms with van der Waals surface area (Å²) in [5, 5.41) is 3.92. The van der Waals surface area contributed by atoms with Crippen LogP contribution in [0.2, 0.25) is 5.02 Å². The van der Waals surface area contributed by atoms with E-state index in [-0.39, 0.29) is 23.3 Å². The number of nitrogens with one attached hydrogen (secondary N) is 1. The van der Waals surface area contributed by atoms with Crippen LogP contribution in [0.4, 0.5) is 0 Å². The number of carbonyl (C=O) groups is 2. The fourth-order valence-electron chi connectivity index (χ4n) is 5.72. The molecule has 218 valence electrons. The topological polar surface area (TPSA) is 58.6 Å². The van der Waals surface area contributed by atoms with Gasteiger partial charge in [-0.05, 0) is 87.9 Å². The monoisotopic (exact) mass is 574 g/mol. The number of esters is 1. The average molecular weight is 575 g/mol. The van der Waals surface area contributed by atoms with E-state index < -0.39 is 5.60 Å². The number of ether oxygens (including phenoxy) is 1. The normalized spacial score (nSPS) is 16.1. The second-order valence-corrected chi connectivity index (χ2v) is 12.9. The zero-order valence-electron chi connectivity index (χ0n) is 24.8. The number of hydrogen-bond donors (Lipinski definition) is 1. The number of amides is 1. The third kappa shape index (κ3) is 8.92. The highest BCUT2D eigenvalue weighted by Crippen LogP contribution is 2.34. The van der Waals surface area contributed by atoms with E-state index in [2.05, 4.69) is 29.3 Å². The van der Waals surface area contributed by atoms with Crippen molar-refractivity contribution in [2.75, 3.05) is 19.6 Å². The summed E-state index contributed by atoms with van der Waals surface area (Å²) in [6.45, 7) is 10.8. The Morgan fingerprint density at radius 2 is 1.61 bits per heavy atom. The molecule has 0 aliphatic carbocycles. The van der Waals surface area contributed by atoms with Crippen molar-refractivity contribution in [1.29, 1.82) is 0 Å². The van der Waals surface area contributed by atoms with Crippen molar-refractivity contribution >= 4 is 23.5 Å². The molecule has 1 amide bonds. The lowest BCUT2D eigenvalue weighted by Crippen LogP contribution is -2.45. The van der Waals surface area contributed by atoms with Gasteiger partial charge in [-0.25, -0.2) is 0 Å². The maximum Gasteiger partial charge on any atom is 0.307 e. The van der Waals surface area contributed by atoms with Gasteiger partial charge in [0, 0.05) is 35.1 Å². The molecule has 3 aromatic carbocycles. The Bertz CT molecular complexity index is 1310. The molecule has 1 unspecified atom stereocenters. The van der Waals surface area contributed by atoms with E-state index >= 15 is 0 Å². The number of halogens is 1. The second-order valence-electron chi connectivity index (χ2n) is 12.4. The van der Waals surface area contributed by atoms with Crippen molar-refractivity contribution < 1.29 is 14.3 Å². The zero-order valence-corrected chi connectivity index (χ0v) is 25.5. The van der Waals surface area contributed by atoms with Crippen LogP contribution >= 0.6 is 11.6 Å². The van der Waals surface area contributed by atoms with Gasteiger partial charge in [0.05, 0.1) is 6.42 Å². The molecule has 4 rings (SSSR count). The standard InChI is InChI=1S/C35H43ClN2O3/c1-34(2,3)41-32(39)25-35(4,27-13-6-5-7-14-27)20-11-21-38-22-18-29(19-23-38)37-33(40)31-17-9-8-16-30(31)26-12-10-15-28(36)24-26/h5-10,12-17,24,29H,11,18-23,25H2,1-4H3,(H,37,40). The van der Waals surface area contributed by atoms with E-state index in [0.29, 0.717) is 17.0 Å². The van der Waals surface area contributed by atoms with Gasteiger partial charge in [-0.3, -0.25) is 9.59 Å². The predicted molar refractivity (Wildman–Crippen MR) is 167 cm³/mol. The minimum absolute atomic E-state index is 0.0419. The summed E-state index contributed by atoms with van der Waals surface area (Å²) in [4.78, 5) is 28.5. The fraction of sp³-hybridized carbons (Fsp3) is 0.429. The zero-order chi connectivity index (χ0) is 29.5. The number of piperidine rings is 1. The van der Waals surface area contributed by atoms with E-state index in [1.54, 1.807) is 0 Å². The first-order chi connectivity index (χ1) is 19.5. The van der Waals surface area contributed by atoms with Gasteiger partial charge in [-0.2, -0.15) is 0 Å².